The van der Waals surface area contributed by atoms with E-state index in [0.29, 0.717) is 5.02 Å². The summed E-state index contributed by atoms with van der Waals surface area (Å²) < 4.78 is 1.75. The molecule has 3 heterocycles. The first-order valence-electron chi connectivity index (χ1n) is 6.68. The molecule has 0 amide bonds. The van der Waals surface area contributed by atoms with Crippen LogP contribution in [-0.4, -0.2) is 41.3 Å². The number of hydrogen-bond acceptors (Lipinski definition) is 4. The molecule has 0 aromatic carbocycles. The number of nitrogens with one attached hydrogen (secondary N) is 1. The lowest BCUT2D eigenvalue weighted by Gasteiger charge is -2.30. The van der Waals surface area contributed by atoms with E-state index < -0.39 is 0 Å². The molecule has 2 aromatic heterocycles. The van der Waals surface area contributed by atoms with Crippen LogP contribution in [-0.2, 0) is 0 Å². The lowest BCUT2D eigenvalue weighted by Crippen LogP contribution is -2.37. The van der Waals surface area contributed by atoms with Crippen molar-refractivity contribution < 1.29 is 0 Å². The van der Waals surface area contributed by atoms with Crippen LogP contribution in [0, 0.1) is 5.92 Å². The van der Waals surface area contributed by atoms with Crippen molar-refractivity contribution in [2.75, 3.05) is 31.6 Å². The molecule has 0 spiro atoms. The molecule has 0 radical (unpaired) electrons. The zero-order chi connectivity index (χ0) is 13.2. The fourth-order valence-electron chi connectivity index (χ4n) is 2.61. The molecule has 5 nitrogen and oxygen atoms in total. The third kappa shape index (κ3) is 2.67. The molecule has 1 fully saturated rings. The van der Waals surface area contributed by atoms with Crippen molar-refractivity contribution in [3.63, 3.8) is 0 Å². The number of halogens is 1. The lowest BCUT2D eigenvalue weighted by atomic mass is 9.97. The number of pyridine rings is 1. The van der Waals surface area contributed by atoms with Crippen molar-refractivity contribution in [3.8, 4) is 0 Å². The third-order valence-electron chi connectivity index (χ3n) is 3.67. The van der Waals surface area contributed by atoms with Gasteiger partial charge in [-0.1, -0.05) is 11.6 Å². The predicted molar refractivity (Wildman–Crippen MR) is 76.9 cm³/mol. The maximum atomic E-state index is 5.96. The van der Waals surface area contributed by atoms with Gasteiger partial charge in [-0.2, -0.15) is 4.98 Å². The van der Waals surface area contributed by atoms with Gasteiger partial charge in [0.25, 0.3) is 0 Å². The van der Waals surface area contributed by atoms with Gasteiger partial charge >= 0.3 is 0 Å². The third-order valence-corrected chi connectivity index (χ3v) is 3.90. The number of fused-ring (bicyclic) bond motifs is 1. The van der Waals surface area contributed by atoms with Gasteiger partial charge in [0.2, 0.25) is 5.95 Å². The maximum absolute atomic E-state index is 5.96. The second kappa shape index (κ2) is 5.35. The molecule has 1 N–H and O–H groups in total. The fraction of sp³-hybridized carbons (Fsp3) is 0.538. The molecule has 102 valence electrons. The Hall–Kier alpha value is -1.33. The van der Waals surface area contributed by atoms with Gasteiger partial charge in [0.1, 0.15) is 0 Å². The Morgan fingerprint density at radius 1 is 1.37 bits per heavy atom. The predicted octanol–water partition coefficient (Wildman–Crippen LogP) is 1.82. The smallest absolute Gasteiger partial charge is 0.245 e. The lowest BCUT2D eigenvalue weighted by molar-refractivity contribution is 0.391. The number of aromatic nitrogens is 3. The standard InChI is InChI=1S/C13H18ClN5/c1-15-8-10-4-6-18(7-5-10)13-16-12-3-2-11(14)9-19(12)17-13/h2-3,9-10,15H,4-8H2,1H3. The van der Waals surface area contributed by atoms with Gasteiger partial charge in [-0.3, -0.25) is 0 Å². The SMILES string of the molecule is CNCC1CCN(c2nc3ccc(Cl)cn3n2)CC1. The van der Waals surface area contributed by atoms with Crippen LogP contribution in [0.5, 0.6) is 0 Å². The van der Waals surface area contributed by atoms with Crippen molar-refractivity contribution in [2.24, 2.45) is 5.92 Å². The molecule has 1 aliphatic heterocycles. The summed E-state index contributed by atoms with van der Waals surface area (Å²) in [6.07, 6.45) is 4.18. The van der Waals surface area contributed by atoms with E-state index in [0.717, 1.165) is 37.1 Å². The van der Waals surface area contributed by atoms with Crippen LogP contribution in [0.3, 0.4) is 0 Å². The summed E-state index contributed by atoms with van der Waals surface area (Å²) >= 11 is 5.96. The molecule has 0 aliphatic carbocycles. The van der Waals surface area contributed by atoms with Crippen LogP contribution in [0.25, 0.3) is 5.65 Å². The largest absolute Gasteiger partial charge is 0.339 e. The molecule has 0 saturated carbocycles. The van der Waals surface area contributed by atoms with Crippen LogP contribution in [0.15, 0.2) is 18.3 Å². The summed E-state index contributed by atoms with van der Waals surface area (Å²) in [4.78, 5) is 6.81. The highest BCUT2D eigenvalue weighted by atomic mass is 35.5. The fourth-order valence-corrected chi connectivity index (χ4v) is 2.76. The van der Waals surface area contributed by atoms with Crippen LogP contribution in [0.2, 0.25) is 5.02 Å². The summed E-state index contributed by atoms with van der Waals surface area (Å²) in [5.41, 5.74) is 0.844. The molecule has 3 rings (SSSR count). The Kier molecular flexibility index (Phi) is 3.57. The summed E-state index contributed by atoms with van der Waals surface area (Å²) in [6, 6.07) is 3.74. The van der Waals surface area contributed by atoms with Crippen LogP contribution in [0.4, 0.5) is 5.95 Å². The molecule has 0 bridgehead atoms. The van der Waals surface area contributed by atoms with Gasteiger partial charge in [0.05, 0.1) is 5.02 Å². The first-order chi connectivity index (χ1) is 9.26. The zero-order valence-corrected chi connectivity index (χ0v) is 11.8. The number of anilines is 1. The van der Waals surface area contributed by atoms with E-state index in [4.69, 9.17) is 11.6 Å². The second-order valence-corrected chi connectivity index (χ2v) is 5.49. The quantitative estimate of drug-likeness (QED) is 0.931. The van der Waals surface area contributed by atoms with Crippen molar-refractivity contribution in [1.29, 1.82) is 0 Å². The second-order valence-electron chi connectivity index (χ2n) is 5.05. The van der Waals surface area contributed by atoms with Gasteiger partial charge in [0, 0.05) is 19.3 Å². The van der Waals surface area contributed by atoms with Crippen LogP contribution >= 0.6 is 11.6 Å². The maximum Gasteiger partial charge on any atom is 0.245 e. The minimum atomic E-state index is 0.677. The van der Waals surface area contributed by atoms with Crippen LogP contribution in [0.1, 0.15) is 12.8 Å². The van der Waals surface area contributed by atoms with Crippen molar-refractivity contribution in [1.82, 2.24) is 19.9 Å². The Balaban J connectivity index is 1.74. The Morgan fingerprint density at radius 3 is 2.89 bits per heavy atom. The van der Waals surface area contributed by atoms with Crippen LogP contribution < -0.4 is 10.2 Å². The van der Waals surface area contributed by atoms with Gasteiger partial charge in [-0.15, -0.1) is 5.10 Å². The first kappa shape index (κ1) is 12.7. The van der Waals surface area contributed by atoms with E-state index in [-0.39, 0.29) is 0 Å². The van der Waals surface area contributed by atoms with Crippen molar-refractivity contribution in [2.45, 2.75) is 12.8 Å². The van der Waals surface area contributed by atoms with E-state index in [1.807, 2.05) is 19.2 Å². The number of nitrogens with zero attached hydrogens (tertiary/aromatic N) is 4. The highest BCUT2D eigenvalue weighted by Gasteiger charge is 2.21. The van der Waals surface area contributed by atoms with E-state index in [2.05, 4.69) is 20.3 Å². The molecule has 19 heavy (non-hydrogen) atoms. The Labute approximate surface area is 117 Å². The van der Waals surface area contributed by atoms with Gasteiger partial charge in [-0.25, -0.2) is 4.52 Å². The summed E-state index contributed by atoms with van der Waals surface area (Å²) in [5, 5.41) is 8.43. The Morgan fingerprint density at radius 2 is 2.16 bits per heavy atom. The molecule has 2 aromatic rings. The highest BCUT2D eigenvalue weighted by molar-refractivity contribution is 6.30. The molecule has 1 saturated heterocycles. The van der Waals surface area contributed by atoms with Crippen molar-refractivity contribution >= 4 is 23.2 Å². The Bertz CT molecular complexity index is 559. The number of rotatable bonds is 3. The normalized spacial score (nSPS) is 17.3. The molecular weight excluding hydrogens is 262 g/mol. The molecule has 1 aliphatic rings. The average Bonchev–Trinajstić information content (AvgIpc) is 2.83. The average molecular weight is 280 g/mol. The molecule has 6 heteroatoms. The number of hydrogen-bond donors (Lipinski definition) is 1. The topological polar surface area (TPSA) is 45.5 Å². The molecule has 0 atom stereocenters. The minimum Gasteiger partial charge on any atom is -0.339 e. The minimum absolute atomic E-state index is 0.677. The van der Waals surface area contributed by atoms with E-state index in [1.165, 1.54) is 12.8 Å². The summed E-state index contributed by atoms with van der Waals surface area (Å²) in [7, 11) is 2.01. The van der Waals surface area contributed by atoms with Gasteiger partial charge < -0.3 is 10.2 Å². The van der Waals surface area contributed by atoms with E-state index >= 15 is 0 Å². The van der Waals surface area contributed by atoms with Gasteiger partial charge in [0.15, 0.2) is 5.65 Å². The van der Waals surface area contributed by atoms with E-state index in [9.17, 15) is 0 Å². The molecular formula is C13H18ClN5. The van der Waals surface area contributed by atoms with Crippen molar-refractivity contribution in [3.05, 3.63) is 23.4 Å². The number of piperidine rings is 1. The monoisotopic (exact) mass is 279 g/mol. The first-order valence-corrected chi connectivity index (χ1v) is 7.05. The summed E-state index contributed by atoms with van der Waals surface area (Å²) in [5.74, 6) is 1.58. The highest BCUT2D eigenvalue weighted by Crippen LogP contribution is 2.21. The molecule has 0 unspecified atom stereocenters. The summed E-state index contributed by atoms with van der Waals surface area (Å²) in [6.45, 7) is 3.15. The van der Waals surface area contributed by atoms with E-state index in [1.54, 1.807) is 10.7 Å². The van der Waals surface area contributed by atoms with Gasteiger partial charge in [-0.05, 0) is 44.5 Å². The zero-order valence-electron chi connectivity index (χ0n) is 11.0.